The number of benzene rings is 1. The smallest absolute Gasteiger partial charge is 0.220 e. The van der Waals surface area contributed by atoms with Crippen LogP contribution in [0.3, 0.4) is 0 Å². The maximum atomic E-state index is 11.8. The molecule has 0 aliphatic heterocycles. The molecule has 0 unspecified atom stereocenters. The van der Waals surface area contributed by atoms with Gasteiger partial charge in [-0.15, -0.1) is 0 Å². The first-order valence-electron chi connectivity index (χ1n) is 6.63. The van der Waals surface area contributed by atoms with Crippen LogP contribution in [0.15, 0.2) is 24.3 Å². The van der Waals surface area contributed by atoms with Crippen LogP contribution >= 0.6 is 12.6 Å². The second-order valence-electron chi connectivity index (χ2n) is 5.28. The van der Waals surface area contributed by atoms with Gasteiger partial charge in [0, 0.05) is 13.0 Å². The van der Waals surface area contributed by atoms with Crippen molar-refractivity contribution in [1.29, 1.82) is 0 Å². The van der Waals surface area contributed by atoms with E-state index in [9.17, 15) is 4.79 Å². The maximum absolute atomic E-state index is 11.8. The topological polar surface area (TPSA) is 29.1 Å². The van der Waals surface area contributed by atoms with E-state index in [1.54, 1.807) is 0 Å². The molecule has 18 heavy (non-hydrogen) atoms. The highest BCUT2D eigenvalue weighted by molar-refractivity contribution is 7.80. The Morgan fingerprint density at radius 1 is 1.28 bits per heavy atom. The van der Waals surface area contributed by atoms with Gasteiger partial charge in [-0.05, 0) is 41.6 Å². The molecule has 98 valence electrons. The quantitative estimate of drug-likeness (QED) is 0.759. The fourth-order valence-electron chi connectivity index (χ4n) is 2.06. The molecule has 1 aromatic carbocycles. The molecular formula is C15H21NOS. The Morgan fingerprint density at radius 2 is 1.89 bits per heavy atom. The second kappa shape index (κ2) is 5.79. The van der Waals surface area contributed by atoms with Crippen LogP contribution in [0.2, 0.25) is 0 Å². The van der Waals surface area contributed by atoms with Gasteiger partial charge in [-0.2, -0.15) is 12.6 Å². The monoisotopic (exact) mass is 263 g/mol. The van der Waals surface area contributed by atoms with E-state index in [4.69, 9.17) is 0 Å². The molecule has 0 atom stereocenters. The van der Waals surface area contributed by atoms with Crippen LogP contribution in [-0.4, -0.2) is 11.7 Å². The minimum atomic E-state index is 0.154. The summed E-state index contributed by atoms with van der Waals surface area (Å²) in [4.78, 5) is 11.8. The summed E-state index contributed by atoms with van der Waals surface area (Å²) < 4.78 is 0. The molecule has 1 saturated carbocycles. The van der Waals surface area contributed by atoms with Crippen LogP contribution in [-0.2, 0) is 17.8 Å². The lowest BCUT2D eigenvalue weighted by atomic mass is 10.0. The van der Waals surface area contributed by atoms with Crippen LogP contribution in [0.25, 0.3) is 0 Å². The van der Waals surface area contributed by atoms with Crippen molar-refractivity contribution in [3.8, 4) is 0 Å². The molecule has 0 aromatic heterocycles. The number of carbonyl (C=O) groups is 1. The summed E-state index contributed by atoms with van der Waals surface area (Å²) in [5, 5.41) is 2.99. The molecule has 1 aromatic rings. The van der Waals surface area contributed by atoms with Gasteiger partial charge in [0.25, 0.3) is 0 Å². The van der Waals surface area contributed by atoms with Crippen LogP contribution in [0.5, 0.6) is 0 Å². The first kappa shape index (κ1) is 13.5. The average Bonchev–Trinajstić information content (AvgIpc) is 3.17. The summed E-state index contributed by atoms with van der Waals surface area (Å²) in [6.45, 7) is 2.77. The van der Waals surface area contributed by atoms with Crippen molar-refractivity contribution < 1.29 is 4.79 Å². The number of aryl methyl sites for hydroxylation is 1. The van der Waals surface area contributed by atoms with E-state index in [2.05, 4.69) is 49.1 Å². The van der Waals surface area contributed by atoms with Crippen molar-refractivity contribution in [3.63, 3.8) is 0 Å². The van der Waals surface area contributed by atoms with Crippen molar-refractivity contribution >= 4 is 18.5 Å². The van der Waals surface area contributed by atoms with E-state index in [-0.39, 0.29) is 11.3 Å². The lowest BCUT2D eigenvalue weighted by molar-refractivity contribution is -0.122. The standard InChI is InChI=1S/C15H21NOS/c1-2-12-3-5-13(6-4-12)10-16-14(17)9-15(11-18)7-8-15/h3-6,18H,2,7-11H2,1H3,(H,16,17). The number of nitrogens with one attached hydrogen (secondary N) is 1. The van der Waals surface area contributed by atoms with Crippen molar-refractivity contribution in [3.05, 3.63) is 35.4 Å². The van der Waals surface area contributed by atoms with Crippen LogP contribution in [0, 0.1) is 5.41 Å². The van der Waals surface area contributed by atoms with Gasteiger partial charge < -0.3 is 5.32 Å². The maximum Gasteiger partial charge on any atom is 0.220 e. The number of amides is 1. The largest absolute Gasteiger partial charge is 0.352 e. The summed E-state index contributed by atoms with van der Waals surface area (Å²) in [5.41, 5.74) is 2.70. The highest BCUT2D eigenvalue weighted by atomic mass is 32.1. The van der Waals surface area contributed by atoms with E-state index in [0.29, 0.717) is 13.0 Å². The van der Waals surface area contributed by atoms with E-state index in [1.807, 2.05) is 0 Å². The third-order valence-electron chi connectivity index (χ3n) is 3.75. The average molecular weight is 263 g/mol. The fourth-order valence-corrected chi connectivity index (χ4v) is 2.49. The number of carbonyl (C=O) groups excluding carboxylic acids is 1. The summed E-state index contributed by atoms with van der Waals surface area (Å²) in [5.74, 6) is 0.979. The fraction of sp³-hybridized carbons (Fsp3) is 0.533. The molecule has 2 rings (SSSR count). The number of rotatable bonds is 6. The predicted molar refractivity (Wildman–Crippen MR) is 77.8 cm³/mol. The third kappa shape index (κ3) is 3.52. The highest BCUT2D eigenvalue weighted by Crippen LogP contribution is 2.49. The van der Waals surface area contributed by atoms with Gasteiger partial charge in [-0.25, -0.2) is 0 Å². The van der Waals surface area contributed by atoms with Crippen molar-refractivity contribution in [2.24, 2.45) is 5.41 Å². The molecule has 0 spiro atoms. The molecule has 1 aliphatic carbocycles. The zero-order chi connectivity index (χ0) is 13.0. The Balaban J connectivity index is 1.78. The molecule has 0 saturated heterocycles. The van der Waals surface area contributed by atoms with Crippen molar-refractivity contribution in [2.75, 3.05) is 5.75 Å². The lowest BCUT2D eigenvalue weighted by Gasteiger charge is -2.11. The molecule has 0 heterocycles. The summed E-state index contributed by atoms with van der Waals surface area (Å²) >= 11 is 4.32. The second-order valence-corrected chi connectivity index (χ2v) is 5.60. The zero-order valence-electron chi connectivity index (χ0n) is 10.9. The SMILES string of the molecule is CCc1ccc(CNC(=O)CC2(CS)CC2)cc1. The predicted octanol–water partition coefficient (Wildman–Crippen LogP) is 2.97. The first-order valence-corrected chi connectivity index (χ1v) is 7.26. The third-order valence-corrected chi connectivity index (χ3v) is 4.42. The highest BCUT2D eigenvalue weighted by Gasteiger charge is 2.42. The molecule has 0 bridgehead atoms. The lowest BCUT2D eigenvalue weighted by Crippen LogP contribution is -2.26. The summed E-state index contributed by atoms with van der Waals surface area (Å²) in [6.07, 6.45) is 3.98. The van der Waals surface area contributed by atoms with E-state index in [1.165, 1.54) is 5.56 Å². The van der Waals surface area contributed by atoms with E-state index >= 15 is 0 Å². The van der Waals surface area contributed by atoms with Crippen LogP contribution in [0.1, 0.15) is 37.3 Å². The molecule has 1 amide bonds. The number of thiol groups is 1. The first-order chi connectivity index (χ1) is 8.67. The summed E-state index contributed by atoms with van der Waals surface area (Å²) in [6, 6.07) is 8.42. The van der Waals surface area contributed by atoms with Crippen molar-refractivity contribution in [1.82, 2.24) is 5.32 Å². The van der Waals surface area contributed by atoms with E-state index in [0.717, 1.165) is 30.6 Å². The minimum absolute atomic E-state index is 0.154. The normalized spacial score (nSPS) is 16.3. The Labute approximate surface area is 115 Å². The number of hydrogen-bond donors (Lipinski definition) is 2. The Hall–Kier alpha value is -0.960. The van der Waals surface area contributed by atoms with E-state index < -0.39 is 0 Å². The van der Waals surface area contributed by atoms with Gasteiger partial charge in [0.15, 0.2) is 0 Å². The zero-order valence-corrected chi connectivity index (χ0v) is 11.8. The molecule has 1 N–H and O–H groups in total. The number of hydrogen-bond acceptors (Lipinski definition) is 2. The van der Waals surface area contributed by atoms with Crippen LogP contribution in [0.4, 0.5) is 0 Å². The Morgan fingerprint density at radius 3 is 2.39 bits per heavy atom. The Bertz CT molecular complexity index is 409. The van der Waals surface area contributed by atoms with Gasteiger partial charge in [0.05, 0.1) is 0 Å². The summed E-state index contributed by atoms with van der Waals surface area (Å²) in [7, 11) is 0. The molecule has 1 aliphatic rings. The molecule has 3 heteroatoms. The molecular weight excluding hydrogens is 242 g/mol. The van der Waals surface area contributed by atoms with Gasteiger partial charge in [-0.1, -0.05) is 31.2 Å². The van der Waals surface area contributed by atoms with Gasteiger partial charge in [0.1, 0.15) is 0 Å². The van der Waals surface area contributed by atoms with Crippen molar-refractivity contribution in [2.45, 2.75) is 39.2 Å². The van der Waals surface area contributed by atoms with Gasteiger partial charge in [0.2, 0.25) is 5.91 Å². The molecule has 0 radical (unpaired) electrons. The van der Waals surface area contributed by atoms with Crippen LogP contribution < -0.4 is 5.32 Å². The molecule has 1 fully saturated rings. The Kier molecular flexibility index (Phi) is 4.33. The van der Waals surface area contributed by atoms with Gasteiger partial charge >= 0.3 is 0 Å². The molecule has 2 nitrogen and oxygen atoms in total. The minimum Gasteiger partial charge on any atom is -0.352 e. The van der Waals surface area contributed by atoms with Gasteiger partial charge in [-0.3, -0.25) is 4.79 Å².